The van der Waals surface area contributed by atoms with E-state index < -0.39 is 0 Å². The number of fused-ring (bicyclic) bond motifs is 1. The largest absolute Gasteiger partial charge is 0.441 e. The lowest BCUT2D eigenvalue weighted by Gasteiger charge is -2.37. The average Bonchev–Trinajstić information content (AvgIpc) is 3.28. The Morgan fingerprint density at radius 1 is 1.24 bits per heavy atom. The van der Waals surface area contributed by atoms with Crippen LogP contribution in [0.25, 0.3) is 11.6 Å². The molecule has 7 nitrogen and oxygen atoms in total. The predicted octanol–water partition coefficient (Wildman–Crippen LogP) is 2.91. The topological polar surface area (TPSA) is 67.8 Å². The number of anilines is 1. The fourth-order valence-electron chi connectivity index (χ4n) is 3.86. The Morgan fingerprint density at radius 2 is 2.03 bits per heavy atom. The van der Waals surface area contributed by atoms with Gasteiger partial charge in [0, 0.05) is 54.9 Å². The molecule has 2 aliphatic heterocycles. The molecule has 1 aliphatic carbocycles. The number of hydrogen-bond donors (Lipinski definition) is 0. The van der Waals surface area contributed by atoms with Crippen molar-refractivity contribution in [3.05, 3.63) is 39.1 Å². The first-order chi connectivity index (χ1) is 14.1. The maximum absolute atomic E-state index is 12.3. The van der Waals surface area contributed by atoms with E-state index in [1.165, 1.54) is 21.7 Å². The first-order valence-corrected chi connectivity index (χ1v) is 10.8. The van der Waals surface area contributed by atoms with Gasteiger partial charge in [-0.15, -0.1) is 11.3 Å². The van der Waals surface area contributed by atoms with E-state index in [2.05, 4.69) is 35.9 Å². The molecule has 0 N–H and O–H groups in total. The van der Waals surface area contributed by atoms with Gasteiger partial charge in [-0.2, -0.15) is 0 Å². The van der Waals surface area contributed by atoms with Gasteiger partial charge in [-0.1, -0.05) is 0 Å². The molecule has 4 heterocycles. The third kappa shape index (κ3) is 3.51. The van der Waals surface area contributed by atoms with E-state index in [0.29, 0.717) is 26.3 Å². The number of ether oxygens (including phenoxy) is 2. The molecule has 152 valence electrons. The summed E-state index contributed by atoms with van der Waals surface area (Å²) < 4.78 is 10.5. The summed E-state index contributed by atoms with van der Waals surface area (Å²) in [5.41, 5.74) is 5.83. The highest BCUT2D eigenvalue weighted by atomic mass is 32.1. The molecule has 1 amide bonds. The molecule has 0 spiro atoms. The lowest BCUT2D eigenvalue weighted by Crippen LogP contribution is -2.51. The first-order valence-electron chi connectivity index (χ1n) is 9.99. The zero-order valence-corrected chi connectivity index (χ0v) is 17.5. The second-order valence-electron chi connectivity index (χ2n) is 7.71. The van der Waals surface area contributed by atoms with Crippen LogP contribution in [0.15, 0.2) is 12.3 Å². The van der Waals surface area contributed by atoms with E-state index in [4.69, 9.17) is 14.5 Å². The average molecular weight is 413 g/mol. The van der Waals surface area contributed by atoms with Crippen molar-refractivity contribution in [1.29, 1.82) is 0 Å². The van der Waals surface area contributed by atoms with Crippen LogP contribution >= 0.6 is 11.3 Å². The molecular formula is C21H24N4O3S. The van der Waals surface area contributed by atoms with Crippen LogP contribution in [0.3, 0.4) is 0 Å². The van der Waals surface area contributed by atoms with Crippen molar-refractivity contribution in [2.45, 2.75) is 26.4 Å². The number of pyridine rings is 1. The lowest BCUT2D eigenvalue weighted by atomic mass is 10.1. The highest BCUT2D eigenvalue weighted by Crippen LogP contribution is 2.38. The highest BCUT2D eigenvalue weighted by molar-refractivity contribution is 7.12. The third-order valence-corrected chi connectivity index (χ3v) is 6.93. The molecule has 0 saturated carbocycles. The first kappa shape index (κ1) is 18.6. The molecule has 5 rings (SSSR count). The maximum atomic E-state index is 12.3. The van der Waals surface area contributed by atoms with Gasteiger partial charge in [-0.25, -0.2) is 9.78 Å². The zero-order chi connectivity index (χ0) is 20.0. The van der Waals surface area contributed by atoms with E-state index in [-0.39, 0.29) is 12.2 Å². The number of carbonyl (C=O) groups is 1. The minimum Gasteiger partial charge on any atom is -0.441 e. The van der Waals surface area contributed by atoms with Crippen LogP contribution in [0.1, 0.15) is 26.8 Å². The van der Waals surface area contributed by atoms with Crippen molar-refractivity contribution in [3.63, 3.8) is 0 Å². The number of allylic oxidation sites excluding steroid dienone is 1. The van der Waals surface area contributed by atoms with E-state index >= 15 is 0 Å². The fourth-order valence-corrected chi connectivity index (χ4v) is 4.79. The van der Waals surface area contributed by atoms with E-state index in [9.17, 15) is 4.79 Å². The van der Waals surface area contributed by atoms with Crippen LogP contribution in [-0.4, -0.2) is 66.5 Å². The molecule has 0 unspecified atom stereocenters. The summed E-state index contributed by atoms with van der Waals surface area (Å²) >= 11 is 1.75. The molecule has 3 aliphatic rings. The van der Waals surface area contributed by atoms with Gasteiger partial charge in [0.2, 0.25) is 0 Å². The van der Waals surface area contributed by atoms with E-state index in [1.807, 2.05) is 6.20 Å². The molecule has 0 bridgehead atoms. The summed E-state index contributed by atoms with van der Waals surface area (Å²) in [6.07, 6.45) is 4.65. The Labute approximate surface area is 174 Å². The normalized spacial score (nSPS) is 19.0. The van der Waals surface area contributed by atoms with Crippen molar-refractivity contribution in [3.8, 4) is 0 Å². The van der Waals surface area contributed by atoms with Crippen LogP contribution in [0.2, 0.25) is 0 Å². The van der Waals surface area contributed by atoms with Gasteiger partial charge in [-0.05, 0) is 31.6 Å². The Balaban J connectivity index is 1.30. The molecule has 2 aromatic heterocycles. The quantitative estimate of drug-likeness (QED) is 0.772. The van der Waals surface area contributed by atoms with Crippen LogP contribution < -0.4 is 4.90 Å². The van der Waals surface area contributed by atoms with Crippen LogP contribution in [0.5, 0.6) is 0 Å². The number of carbonyl (C=O) groups excluding carboxylic acids is 1. The summed E-state index contributed by atoms with van der Waals surface area (Å²) in [6, 6.07) is 2.08. The lowest BCUT2D eigenvalue weighted by molar-refractivity contribution is -0.104. The summed E-state index contributed by atoms with van der Waals surface area (Å²) in [5.74, 6) is 0. The second kappa shape index (κ2) is 7.42. The number of thiazole rings is 1. The van der Waals surface area contributed by atoms with Gasteiger partial charge in [0.05, 0.1) is 24.6 Å². The van der Waals surface area contributed by atoms with Gasteiger partial charge < -0.3 is 19.3 Å². The minimum absolute atomic E-state index is 0.0781. The third-order valence-electron chi connectivity index (χ3n) is 5.78. The Hall–Kier alpha value is -2.45. The van der Waals surface area contributed by atoms with E-state index in [1.54, 1.807) is 16.2 Å². The molecule has 0 atom stereocenters. The van der Waals surface area contributed by atoms with Crippen molar-refractivity contribution >= 4 is 34.8 Å². The molecule has 2 fully saturated rings. The highest BCUT2D eigenvalue weighted by Gasteiger charge is 2.29. The number of rotatable bonds is 3. The molecule has 0 radical (unpaired) electrons. The number of aryl methyl sites for hydroxylation is 2. The predicted molar refractivity (Wildman–Crippen MR) is 112 cm³/mol. The Kier molecular flexibility index (Phi) is 4.75. The number of nitrogens with zero attached hydrogens (tertiary/aromatic N) is 4. The molecule has 2 saturated heterocycles. The molecular weight excluding hydrogens is 388 g/mol. The standard InChI is InChI=1S/C21H24N4O3S/c1-13-14(2)29-20(23-13)15-9-17-18(10-15)22-4-3-19(17)24-5-7-25(8-6-24)21(26)28-16-11-27-12-16/h3-4,9,16H,5-8,10-12H2,1-2H3. The van der Waals surface area contributed by atoms with Crippen molar-refractivity contribution < 1.29 is 14.3 Å². The summed E-state index contributed by atoms with van der Waals surface area (Å²) in [5, 5.41) is 1.09. The molecule has 29 heavy (non-hydrogen) atoms. The Morgan fingerprint density at radius 3 is 2.69 bits per heavy atom. The van der Waals surface area contributed by atoms with Crippen LogP contribution in [0, 0.1) is 13.8 Å². The monoisotopic (exact) mass is 412 g/mol. The second-order valence-corrected chi connectivity index (χ2v) is 8.92. The SMILES string of the molecule is Cc1nc(C2=Cc3c(N4CCN(C(=O)OC5COC5)CC4)ccnc3C2)sc1C. The summed E-state index contributed by atoms with van der Waals surface area (Å²) in [4.78, 5) is 27.0. The number of aromatic nitrogens is 2. The molecule has 2 aromatic rings. The maximum Gasteiger partial charge on any atom is 0.410 e. The van der Waals surface area contributed by atoms with Gasteiger partial charge >= 0.3 is 6.09 Å². The van der Waals surface area contributed by atoms with Gasteiger partial charge in [-0.3, -0.25) is 4.98 Å². The van der Waals surface area contributed by atoms with Gasteiger partial charge in [0.25, 0.3) is 0 Å². The summed E-state index contributed by atoms with van der Waals surface area (Å²) in [6.45, 7) is 8.09. The minimum atomic E-state index is -0.227. The van der Waals surface area contributed by atoms with Crippen molar-refractivity contribution in [2.24, 2.45) is 0 Å². The summed E-state index contributed by atoms with van der Waals surface area (Å²) in [7, 11) is 0. The number of piperazine rings is 1. The fraction of sp³-hybridized carbons (Fsp3) is 0.476. The van der Waals surface area contributed by atoms with Crippen molar-refractivity contribution in [2.75, 3.05) is 44.3 Å². The van der Waals surface area contributed by atoms with Crippen LogP contribution in [-0.2, 0) is 15.9 Å². The number of amides is 1. The molecule has 0 aromatic carbocycles. The number of hydrogen-bond acceptors (Lipinski definition) is 7. The van der Waals surface area contributed by atoms with Crippen molar-refractivity contribution in [1.82, 2.24) is 14.9 Å². The van der Waals surface area contributed by atoms with E-state index in [0.717, 1.165) is 35.9 Å². The van der Waals surface area contributed by atoms with Crippen LogP contribution in [0.4, 0.5) is 10.5 Å². The molecule has 8 heteroatoms. The van der Waals surface area contributed by atoms with Gasteiger partial charge in [0.15, 0.2) is 6.10 Å². The van der Waals surface area contributed by atoms with Gasteiger partial charge in [0.1, 0.15) is 5.01 Å². The smallest absolute Gasteiger partial charge is 0.410 e. The Bertz CT molecular complexity index is 955. The zero-order valence-electron chi connectivity index (χ0n) is 16.7.